The molecule has 10 heteroatoms. The minimum Gasteiger partial charge on any atom is -0.497 e. The van der Waals surface area contributed by atoms with Gasteiger partial charge in [-0.15, -0.1) is 0 Å². The average molecular weight is 528 g/mol. The average Bonchev–Trinajstić information content (AvgIpc) is 3.40. The molecule has 38 heavy (non-hydrogen) atoms. The molecule has 0 saturated carbocycles. The van der Waals surface area contributed by atoms with Crippen molar-refractivity contribution in [1.29, 1.82) is 0 Å². The highest BCUT2D eigenvalue weighted by Gasteiger charge is 2.50. The number of benzene rings is 1. The van der Waals surface area contributed by atoms with Crippen LogP contribution < -0.4 is 21.1 Å². The van der Waals surface area contributed by atoms with Gasteiger partial charge in [-0.1, -0.05) is 30.7 Å². The number of amides is 3. The molecule has 4 N–H and O–H groups in total. The molecule has 206 valence electrons. The first-order valence-corrected chi connectivity index (χ1v) is 13.1. The Balaban J connectivity index is 1.51. The molecule has 1 aliphatic carbocycles. The fourth-order valence-electron chi connectivity index (χ4n) is 4.98. The Bertz CT molecular complexity index is 1100. The lowest BCUT2D eigenvalue weighted by Crippen LogP contribution is -2.58. The summed E-state index contributed by atoms with van der Waals surface area (Å²) >= 11 is 0. The maximum atomic E-state index is 13.6. The summed E-state index contributed by atoms with van der Waals surface area (Å²) in [6, 6.07) is 5.46. The van der Waals surface area contributed by atoms with Crippen molar-refractivity contribution in [3.8, 4) is 5.75 Å². The van der Waals surface area contributed by atoms with Crippen molar-refractivity contribution in [2.75, 3.05) is 20.3 Å². The van der Waals surface area contributed by atoms with Crippen LogP contribution in [0.4, 0.5) is 0 Å². The maximum Gasteiger partial charge on any atom is 0.243 e. The summed E-state index contributed by atoms with van der Waals surface area (Å²) in [5.41, 5.74) is 6.46. The normalized spacial score (nSPS) is 26.2. The number of primary amides is 1. The fourth-order valence-corrected chi connectivity index (χ4v) is 4.98. The predicted molar refractivity (Wildman–Crippen MR) is 138 cm³/mol. The number of carbonyl (C=O) groups is 4. The lowest BCUT2D eigenvalue weighted by atomic mass is 9.86. The van der Waals surface area contributed by atoms with Crippen LogP contribution in [0.2, 0.25) is 0 Å². The number of hydrogen-bond donors (Lipinski definition) is 3. The second-order valence-electron chi connectivity index (χ2n) is 10.6. The van der Waals surface area contributed by atoms with E-state index in [2.05, 4.69) is 16.7 Å². The van der Waals surface area contributed by atoms with Crippen LogP contribution in [0.5, 0.6) is 5.75 Å². The molecule has 2 unspecified atom stereocenters. The number of hydrogen-bond acceptors (Lipinski definition) is 7. The Labute approximate surface area is 222 Å². The molecule has 1 aromatic carbocycles. The smallest absolute Gasteiger partial charge is 0.243 e. The van der Waals surface area contributed by atoms with E-state index in [1.165, 1.54) is 0 Å². The number of ketones is 1. The summed E-state index contributed by atoms with van der Waals surface area (Å²) in [5.74, 6) is -2.18. The van der Waals surface area contributed by atoms with Gasteiger partial charge in [0.1, 0.15) is 17.4 Å². The van der Waals surface area contributed by atoms with Crippen molar-refractivity contribution in [2.24, 2.45) is 17.6 Å². The zero-order valence-corrected chi connectivity index (χ0v) is 22.2. The third-order valence-corrected chi connectivity index (χ3v) is 7.70. The van der Waals surface area contributed by atoms with Gasteiger partial charge in [-0.25, -0.2) is 0 Å². The van der Waals surface area contributed by atoms with Crippen molar-refractivity contribution < 1.29 is 33.4 Å². The molecule has 10 nitrogen and oxygen atoms in total. The molecule has 6 atom stereocenters. The highest BCUT2D eigenvalue weighted by molar-refractivity contribution is 5.98. The van der Waals surface area contributed by atoms with Gasteiger partial charge in [0.05, 0.1) is 44.3 Å². The van der Waals surface area contributed by atoms with Gasteiger partial charge in [-0.05, 0) is 50.3 Å². The molecule has 3 aliphatic rings. The molecular formula is C28H37N3O7. The molecule has 0 spiro atoms. The van der Waals surface area contributed by atoms with Gasteiger partial charge in [0.2, 0.25) is 17.7 Å². The summed E-state index contributed by atoms with van der Waals surface area (Å²) in [6.45, 7) is 3.86. The van der Waals surface area contributed by atoms with Crippen LogP contribution in [0.3, 0.4) is 0 Å². The standard InChI is InChI=1S/C28H37N3O7/c1-16(23-20(14-37-23)25(29)33)26(34)31-22(13-18-8-10-19(36-3)11-9-18)27(35)30-21(12-17-6-4-5-7-17)24(32)28(2)15-38-28/h6,8-11,16,20-23H,4-5,7,12-15H2,1-3H3,(H2,29,33)(H,30,35)(H,31,34)/t16-,20?,21+,22+,23?,28-/m1/s1. The van der Waals surface area contributed by atoms with Crippen molar-refractivity contribution in [2.45, 2.75) is 69.7 Å². The van der Waals surface area contributed by atoms with Gasteiger partial charge in [-0.3, -0.25) is 19.2 Å². The zero-order valence-electron chi connectivity index (χ0n) is 22.2. The number of rotatable bonds is 13. The summed E-state index contributed by atoms with van der Waals surface area (Å²) in [4.78, 5) is 51.7. The second kappa shape index (κ2) is 11.7. The maximum absolute atomic E-state index is 13.6. The quantitative estimate of drug-likeness (QED) is 0.258. The monoisotopic (exact) mass is 527 g/mol. The van der Waals surface area contributed by atoms with Gasteiger partial charge in [0, 0.05) is 6.42 Å². The minimum absolute atomic E-state index is 0.172. The molecule has 2 saturated heterocycles. The van der Waals surface area contributed by atoms with E-state index in [1.54, 1.807) is 33.1 Å². The van der Waals surface area contributed by atoms with Crippen molar-refractivity contribution in [3.05, 3.63) is 41.5 Å². The van der Waals surface area contributed by atoms with E-state index in [9.17, 15) is 19.2 Å². The highest BCUT2D eigenvalue weighted by Crippen LogP contribution is 2.31. The molecule has 4 rings (SSSR count). The lowest BCUT2D eigenvalue weighted by Gasteiger charge is -2.38. The Morgan fingerprint density at radius 1 is 1.11 bits per heavy atom. The van der Waals surface area contributed by atoms with Crippen LogP contribution in [0, 0.1) is 11.8 Å². The Morgan fingerprint density at radius 2 is 1.79 bits per heavy atom. The highest BCUT2D eigenvalue weighted by atomic mass is 16.6. The molecule has 0 radical (unpaired) electrons. The molecule has 3 amide bonds. The van der Waals surface area contributed by atoms with Crippen molar-refractivity contribution in [3.63, 3.8) is 0 Å². The van der Waals surface area contributed by atoms with Crippen LogP contribution >= 0.6 is 0 Å². The van der Waals surface area contributed by atoms with Crippen LogP contribution in [0.15, 0.2) is 35.9 Å². The SMILES string of the molecule is COc1ccc(C[C@H](NC(=O)[C@H](C)C2OCC2C(N)=O)C(=O)N[C@@H](CC2=CCCC2)C(=O)[C@@]2(C)CO2)cc1. The summed E-state index contributed by atoms with van der Waals surface area (Å²) < 4.78 is 16.0. The van der Waals surface area contributed by atoms with Gasteiger partial charge in [-0.2, -0.15) is 0 Å². The molecule has 0 aromatic heterocycles. The number of methoxy groups -OCH3 is 1. The Hall–Kier alpha value is -3.24. The molecule has 2 aliphatic heterocycles. The molecule has 2 heterocycles. The van der Waals surface area contributed by atoms with E-state index in [0.717, 1.165) is 30.4 Å². The molecular weight excluding hydrogens is 490 g/mol. The van der Waals surface area contributed by atoms with E-state index in [0.29, 0.717) is 18.8 Å². The largest absolute Gasteiger partial charge is 0.497 e. The van der Waals surface area contributed by atoms with Gasteiger partial charge in [0.15, 0.2) is 5.78 Å². The number of allylic oxidation sites excluding steroid dienone is 1. The number of ether oxygens (including phenoxy) is 3. The Kier molecular flexibility index (Phi) is 8.52. The first kappa shape index (κ1) is 27.8. The van der Waals surface area contributed by atoms with Crippen molar-refractivity contribution >= 4 is 23.5 Å². The van der Waals surface area contributed by atoms with E-state index >= 15 is 0 Å². The third kappa shape index (κ3) is 6.42. The first-order chi connectivity index (χ1) is 18.1. The fraction of sp³-hybridized carbons (Fsp3) is 0.571. The topological polar surface area (TPSA) is 149 Å². The number of nitrogens with one attached hydrogen (secondary N) is 2. The minimum atomic E-state index is -0.966. The number of Topliss-reactive ketones (excluding diaryl/α,β-unsaturated/α-hetero) is 1. The van der Waals surface area contributed by atoms with E-state index in [4.69, 9.17) is 19.9 Å². The number of nitrogens with two attached hydrogens (primary N) is 1. The third-order valence-electron chi connectivity index (χ3n) is 7.70. The summed E-state index contributed by atoms with van der Waals surface area (Å²) in [5, 5.41) is 5.73. The Morgan fingerprint density at radius 3 is 2.32 bits per heavy atom. The van der Waals surface area contributed by atoms with E-state index in [-0.39, 0.29) is 18.8 Å². The van der Waals surface area contributed by atoms with E-state index in [1.807, 2.05) is 12.1 Å². The number of carbonyl (C=O) groups excluding carboxylic acids is 4. The lowest BCUT2D eigenvalue weighted by molar-refractivity contribution is -0.169. The van der Waals surface area contributed by atoms with Crippen LogP contribution in [0.1, 0.15) is 45.1 Å². The van der Waals surface area contributed by atoms with Crippen LogP contribution in [0.25, 0.3) is 0 Å². The second-order valence-corrected chi connectivity index (χ2v) is 10.6. The van der Waals surface area contributed by atoms with E-state index < -0.39 is 53.3 Å². The molecule has 0 bridgehead atoms. The van der Waals surface area contributed by atoms with Gasteiger partial charge >= 0.3 is 0 Å². The summed E-state index contributed by atoms with van der Waals surface area (Å²) in [6.07, 6.45) is 4.96. The van der Waals surface area contributed by atoms with Crippen molar-refractivity contribution in [1.82, 2.24) is 10.6 Å². The number of epoxide rings is 1. The van der Waals surface area contributed by atoms with Crippen LogP contribution in [-0.4, -0.2) is 67.6 Å². The molecule has 1 aromatic rings. The summed E-state index contributed by atoms with van der Waals surface area (Å²) in [7, 11) is 1.57. The van der Waals surface area contributed by atoms with Crippen LogP contribution in [-0.2, 0) is 35.1 Å². The van der Waals surface area contributed by atoms with Gasteiger partial charge in [0.25, 0.3) is 0 Å². The van der Waals surface area contributed by atoms with Gasteiger partial charge < -0.3 is 30.6 Å². The first-order valence-electron chi connectivity index (χ1n) is 13.1. The predicted octanol–water partition coefficient (Wildman–Crippen LogP) is 1.20. The zero-order chi connectivity index (χ0) is 27.4. The molecule has 2 fully saturated rings.